The summed E-state index contributed by atoms with van der Waals surface area (Å²) < 4.78 is 6.42. The molecule has 2 heteroatoms. The van der Waals surface area contributed by atoms with Crippen LogP contribution < -0.4 is 0 Å². The standard InChI is InChI=1S/C58H38OS/c1-2-15-35(16-3-1)54-40-18-4-6-20-42(40)55(43-21-7-5-19-41(43)54)36-30-32-53-50(33-36)48-26-14-27-49(58(48)60-53)57-46-24-10-8-22-44(46)56(45-23-9-11-25-47(45)57)37-29-31-39-38-17-12-13-28-51(38)59-52(39)34-37/h1-6,8-20,22-32,34,50H,7,21,33H2. The quantitative estimate of drug-likeness (QED) is 0.165. The van der Waals surface area contributed by atoms with E-state index in [-0.39, 0.29) is 0 Å². The Bertz CT molecular complexity index is 3490. The second-order valence-corrected chi connectivity index (χ2v) is 17.6. The molecule has 0 radical (unpaired) electrons. The Morgan fingerprint density at radius 1 is 0.483 bits per heavy atom. The van der Waals surface area contributed by atoms with Crippen molar-refractivity contribution < 1.29 is 4.42 Å². The molecule has 1 aromatic heterocycles. The molecule has 1 nitrogen and oxygen atoms in total. The molecule has 0 amide bonds. The van der Waals surface area contributed by atoms with Gasteiger partial charge in [0.25, 0.3) is 0 Å². The smallest absolute Gasteiger partial charge is 0.136 e. The van der Waals surface area contributed by atoms with Crippen LogP contribution in [0.1, 0.15) is 41.0 Å². The van der Waals surface area contributed by atoms with Crippen LogP contribution in [0.3, 0.4) is 0 Å². The van der Waals surface area contributed by atoms with Gasteiger partial charge in [-0.05, 0) is 136 Å². The van der Waals surface area contributed by atoms with Gasteiger partial charge in [0.05, 0.1) is 0 Å². The first-order valence-electron chi connectivity index (χ1n) is 21.2. The number of fused-ring (bicyclic) bond motifs is 10. The number of rotatable bonds is 4. The van der Waals surface area contributed by atoms with E-state index in [1.165, 1.54) is 103 Å². The Hall–Kier alpha value is -6.87. The summed E-state index contributed by atoms with van der Waals surface area (Å²) in [7, 11) is 0. The summed E-state index contributed by atoms with van der Waals surface area (Å²) in [4.78, 5) is 2.84. The van der Waals surface area contributed by atoms with Gasteiger partial charge in [-0.25, -0.2) is 0 Å². The molecule has 0 saturated heterocycles. The number of allylic oxidation sites excluding steroid dienone is 5. The first kappa shape index (κ1) is 34.0. The largest absolute Gasteiger partial charge is 0.456 e. The molecule has 0 fully saturated rings. The molecule has 1 aliphatic heterocycles. The maximum Gasteiger partial charge on any atom is 0.136 e. The molecule has 0 spiro atoms. The highest BCUT2D eigenvalue weighted by Crippen LogP contribution is 2.59. The molecule has 2 aliphatic carbocycles. The second-order valence-electron chi connectivity index (χ2n) is 16.5. The monoisotopic (exact) mass is 782 g/mol. The zero-order chi connectivity index (χ0) is 39.3. The Labute approximate surface area is 353 Å². The van der Waals surface area contributed by atoms with E-state index in [1.54, 1.807) is 0 Å². The highest BCUT2D eigenvalue weighted by Gasteiger charge is 2.35. The van der Waals surface area contributed by atoms with E-state index in [2.05, 4.69) is 182 Å². The normalized spacial score (nSPS) is 15.7. The van der Waals surface area contributed by atoms with Gasteiger partial charge in [0.1, 0.15) is 11.2 Å². The van der Waals surface area contributed by atoms with Gasteiger partial charge in [-0.15, -0.1) is 0 Å². The van der Waals surface area contributed by atoms with Crippen LogP contribution in [0.25, 0.3) is 99.3 Å². The van der Waals surface area contributed by atoms with Gasteiger partial charge in [0, 0.05) is 21.6 Å². The van der Waals surface area contributed by atoms with Gasteiger partial charge in [0.15, 0.2) is 0 Å². The van der Waals surface area contributed by atoms with Crippen molar-refractivity contribution in [2.24, 2.45) is 0 Å². The van der Waals surface area contributed by atoms with Crippen molar-refractivity contribution in [2.75, 3.05) is 0 Å². The summed E-state index contributed by atoms with van der Waals surface area (Å²) in [6.45, 7) is 0. The number of hydrogen-bond donors (Lipinski definition) is 0. The van der Waals surface area contributed by atoms with Crippen molar-refractivity contribution in [1.82, 2.24) is 0 Å². The fourth-order valence-corrected chi connectivity index (χ4v) is 12.1. The lowest BCUT2D eigenvalue weighted by Crippen LogP contribution is -2.08. The van der Waals surface area contributed by atoms with Gasteiger partial charge < -0.3 is 4.42 Å². The third kappa shape index (κ3) is 5.01. The highest BCUT2D eigenvalue weighted by atomic mass is 32.2. The minimum absolute atomic E-state index is 0.319. The van der Waals surface area contributed by atoms with Gasteiger partial charge in [-0.2, -0.15) is 0 Å². The summed E-state index contributed by atoms with van der Waals surface area (Å²) in [6.07, 6.45) is 12.8. The summed E-state index contributed by atoms with van der Waals surface area (Å²) >= 11 is 1.98. The van der Waals surface area contributed by atoms with Crippen LogP contribution in [0.5, 0.6) is 0 Å². The van der Waals surface area contributed by atoms with Crippen molar-refractivity contribution in [1.29, 1.82) is 0 Å². The summed E-state index contributed by atoms with van der Waals surface area (Å²) in [5.41, 5.74) is 16.8. The van der Waals surface area contributed by atoms with Crippen molar-refractivity contribution in [3.05, 3.63) is 209 Å². The van der Waals surface area contributed by atoms with E-state index >= 15 is 0 Å². The average molecular weight is 783 g/mol. The third-order valence-corrected chi connectivity index (χ3v) is 14.6. The number of para-hydroxylation sites is 1. The minimum Gasteiger partial charge on any atom is -0.456 e. The molecular formula is C58H38OS. The molecule has 1 unspecified atom stereocenters. The summed E-state index contributed by atoms with van der Waals surface area (Å²) in [5, 5.41) is 10.1. The predicted molar refractivity (Wildman–Crippen MR) is 256 cm³/mol. The lowest BCUT2D eigenvalue weighted by Gasteiger charge is -2.27. The fourth-order valence-electron chi connectivity index (χ4n) is 10.8. The average Bonchev–Trinajstić information content (AvgIpc) is 3.88. The molecule has 60 heavy (non-hydrogen) atoms. The van der Waals surface area contributed by atoms with Crippen LogP contribution in [0.15, 0.2) is 196 Å². The maximum atomic E-state index is 6.42. The topological polar surface area (TPSA) is 13.1 Å². The zero-order valence-electron chi connectivity index (χ0n) is 32.9. The van der Waals surface area contributed by atoms with Gasteiger partial charge in [-0.3, -0.25) is 0 Å². The molecule has 3 aliphatic rings. The highest BCUT2D eigenvalue weighted by molar-refractivity contribution is 8.03. The Morgan fingerprint density at radius 2 is 1.12 bits per heavy atom. The van der Waals surface area contributed by atoms with E-state index in [4.69, 9.17) is 4.42 Å². The lowest BCUT2D eigenvalue weighted by atomic mass is 9.76. The van der Waals surface area contributed by atoms with Crippen molar-refractivity contribution in [3.63, 3.8) is 0 Å². The first-order chi connectivity index (χ1) is 29.8. The molecule has 9 aromatic carbocycles. The summed E-state index contributed by atoms with van der Waals surface area (Å²) in [6, 6.07) is 60.3. The molecule has 2 heterocycles. The molecule has 0 saturated carbocycles. The van der Waals surface area contributed by atoms with Crippen LogP contribution >= 0.6 is 11.8 Å². The van der Waals surface area contributed by atoms with Crippen LogP contribution in [-0.4, -0.2) is 0 Å². The first-order valence-corrected chi connectivity index (χ1v) is 22.0. The van der Waals surface area contributed by atoms with E-state index in [0.717, 1.165) is 41.2 Å². The molecule has 10 aromatic rings. The van der Waals surface area contributed by atoms with Crippen LogP contribution in [0.4, 0.5) is 0 Å². The molecular weight excluding hydrogens is 745 g/mol. The van der Waals surface area contributed by atoms with Crippen LogP contribution in [0, 0.1) is 0 Å². The zero-order valence-corrected chi connectivity index (χ0v) is 33.7. The van der Waals surface area contributed by atoms with E-state index in [9.17, 15) is 0 Å². The molecule has 282 valence electrons. The minimum atomic E-state index is 0.319. The predicted octanol–water partition coefficient (Wildman–Crippen LogP) is 16.6. The van der Waals surface area contributed by atoms with Crippen molar-refractivity contribution in [2.45, 2.75) is 30.1 Å². The lowest BCUT2D eigenvalue weighted by molar-refractivity contribution is 0.669. The SMILES string of the molecule is C1=Cc2c(c(C3=CC=C4Sc5c(-c6c7ccccc7c(-c7ccc8c(c7)oc7ccccc78)c7ccccc67)cccc5C4C3)c3ccccc3c2-c2ccccc2)CC1. The molecule has 13 rings (SSSR count). The van der Waals surface area contributed by atoms with Crippen molar-refractivity contribution >= 4 is 77.7 Å². The molecule has 0 bridgehead atoms. The fraction of sp³-hybridized carbons (Fsp3) is 0.0690. The Kier molecular flexibility index (Phi) is 7.56. The van der Waals surface area contributed by atoms with E-state index in [1.807, 2.05) is 17.8 Å². The van der Waals surface area contributed by atoms with Crippen molar-refractivity contribution in [3.8, 4) is 33.4 Å². The number of furan rings is 1. The number of hydrogen-bond acceptors (Lipinski definition) is 2. The third-order valence-electron chi connectivity index (χ3n) is 13.3. The number of benzene rings is 9. The van der Waals surface area contributed by atoms with Gasteiger partial charge >= 0.3 is 0 Å². The van der Waals surface area contributed by atoms with E-state index in [0.29, 0.717) is 5.92 Å². The van der Waals surface area contributed by atoms with Gasteiger partial charge in [0.2, 0.25) is 0 Å². The molecule has 0 N–H and O–H groups in total. The second kappa shape index (κ2) is 13.3. The van der Waals surface area contributed by atoms with Gasteiger partial charge in [-0.1, -0.05) is 182 Å². The summed E-state index contributed by atoms with van der Waals surface area (Å²) in [5.74, 6) is 0.319. The van der Waals surface area contributed by atoms with E-state index < -0.39 is 0 Å². The Morgan fingerprint density at radius 3 is 1.87 bits per heavy atom. The maximum absolute atomic E-state index is 6.42. The number of thioether (sulfide) groups is 1. The Balaban J connectivity index is 0.958. The molecule has 1 atom stereocenters. The van der Waals surface area contributed by atoms with Crippen LogP contribution in [-0.2, 0) is 6.42 Å². The van der Waals surface area contributed by atoms with Crippen LogP contribution in [0.2, 0.25) is 0 Å².